The van der Waals surface area contributed by atoms with Crippen molar-refractivity contribution in [2.24, 2.45) is 0 Å². The van der Waals surface area contributed by atoms with Gasteiger partial charge in [-0.05, 0) is 110 Å². The van der Waals surface area contributed by atoms with Gasteiger partial charge in [0.15, 0.2) is 23.0 Å². The van der Waals surface area contributed by atoms with Crippen LogP contribution < -0.4 is 14.4 Å². The van der Waals surface area contributed by atoms with Crippen LogP contribution in [0.5, 0.6) is 23.0 Å². The normalized spacial score (nSPS) is 13.2. The maximum absolute atomic E-state index is 7.09. The lowest BCUT2D eigenvalue weighted by atomic mass is 9.70. The fourth-order valence-corrected chi connectivity index (χ4v) is 9.71. The molecule has 2 aliphatic carbocycles. The number of anilines is 3. The van der Waals surface area contributed by atoms with E-state index in [9.17, 15) is 0 Å². The summed E-state index contributed by atoms with van der Waals surface area (Å²) in [6.45, 7) is 0. The highest BCUT2D eigenvalue weighted by Gasteiger charge is 2.53. The average molecular weight is 742 g/mol. The monoisotopic (exact) mass is 741 g/mol. The molecular formula is C55H35NO2. The molecule has 1 spiro atoms. The van der Waals surface area contributed by atoms with Crippen LogP contribution in [0.25, 0.3) is 44.5 Å². The van der Waals surface area contributed by atoms with Gasteiger partial charge in [0.25, 0.3) is 0 Å². The van der Waals surface area contributed by atoms with Gasteiger partial charge in [-0.2, -0.15) is 0 Å². The minimum absolute atomic E-state index is 0.460. The highest BCUT2D eigenvalue weighted by molar-refractivity contribution is 5.98. The molecule has 0 aromatic heterocycles. The molecule has 272 valence electrons. The molecule has 1 aliphatic heterocycles. The molecular weight excluding hydrogens is 707 g/mol. The average Bonchev–Trinajstić information content (AvgIpc) is 3.77. The summed E-state index contributed by atoms with van der Waals surface area (Å²) in [5.41, 5.74) is 17.1. The number of ether oxygens (including phenoxy) is 2. The minimum Gasteiger partial charge on any atom is -0.449 e. The van der Waals surface area contributed by atoms with Crippen LogP contribution in [-0.4, -0.2) is 0 Å². The molecule has 0 bridgehead atoms. The summed E-state index contributed by atoms with van der Waals surface area (Å²) >= 11 is 0. The SMILES string of the molecule is c1ccc(-c2cccc(-c3ccc(N(c4ccccc4)c4cccc5c4Oc4ccc6c(c4O5)-c4ccccc4C64c5ccccc5-c5ccccc54)cc3)c2)cc1. The number of nitrogens with zero attached hydrogens (tertiary/aromatic N) is 1. The standard InChI is InChI=1S/C55H35NO2/c1-3-15-36(16-4-1)38-17-13-18-39(35-38)37-29-31-41(32-30-37)56(40-19-5-2-6-20-40)49-27-14-28-50-53(49)57-51-34-33-48-52(54(51)58-50)44-23-9-12-26-47(44)55(48)45-24-10-7-21-42(45)43-22-8-11-25-46(43)55/h1-35H. The third kappa shape index (κ3) is 4.68. The molecule has 1 heterocycles. The van der Waals surface area contributed by atoms with Crippen LogP contribution in [0.3, 0.4) is 0 Å². The van der Waals surface area contributed by atoms with Crippen molar-refractivity contribution in [1.29, 1.82) is 0 Å². The van der Waals surface area contributed by atoms with Gasteiger partial charge in [0.1, 0.15) is 0 Å². The number of para-hydroxylation sites is 2. The van der Waals surface area contributed by atoms with E-state index in [4.69, 9.17) is 9.47 Å². The second-order valence-electron chi connectivity index (χ2n) is 15.2. The van der Waals surface area contributed by atoms with E-state index in [0.29, 0.717) is 17.2 Å². The summed E-state index contributed by atoms with van der Waals surface area (Å²) in [6.07, 6.45) is 0. The van der Waals surface area contributed by atoms with Crippen LogP contribution in [0.4, 0.5) is 17.1 Å². The van der Waals surface area contributed by atoms with Gasteiger partial charge < -0.3 is 14.4 Å². The summed E-state index contributed by atoms with van der Waals surface area (Å²) in [5, 5.41) is 0. The largest absolute Gasteiger partial charge is 0.449 e. The first kappa shape index (κ1) is 32.6. The smallest absolute Gasteiger partial charge is 0.194 e. The molecule has 0 radical (unpaired) electrons. The Hall–Kier alpha value is -7.62. The van der Waals surface area contributed by atoms with E-state index in [-0.39, 0.29) is 0 Å². The van der Waals surface area contributed by atoms with E-state index in [1.807, 2.05) is 12.1 Å². The van der Waals surface area contributed by atoms with Crippen LogP contribution in [0.15, 0.2) is 212 Å². The highest BCUT2D eigenvalue weighted by Crippen LogP contribution is 2.66. The van der Waals surface area contributed by atoms with Crippen molar-refractivity contribution in [3.05, 3.63) is 235 Å². The van der Waals surface area contributed by atoms with Gasteiger partial charge in [0.2, 0.25) is 0 Å². The molecule has 58 heavy (non-hydrogen) atoms. The summed E-state index contributed by atoms with van der Waals surface area (Å²) in [4.78, 5) is 2.25. The first-order valence-electron chi connectivity index (χ1n) is 19.8. The van der Waals surface area contributed by atoms with Gasteiger partial charge in [-0.1, -0.05) is 164 Å². The Morgan fingerprint density at radius 3 is 1.52 bits per heavy atom. The lowest BCUT2D eigenvalue weighted by Crippen LogP contribution is -2.25. The number of rotatable bonds is 5. The van der Waals surface area contributed by atoms with E-state index in [2.05, 4.69) is 205 Å². The van der Waals surface area contributed by atoms with Gasteiger partial charge in [-0.25, -0.2) is 0 Å². The molecule has 0 saturated heterocycles. The summed E-state index contributed by atoms with van der Waals surface area (Å²) in [6, 6.07) is 75.6. The van der Waals surface area contributed by atoms with Crippen molar-refractivity contribution in [1.82, 2.24) is 0 Å². The van der Waals surface area contributed by atoms with Gasteiger partial charge in [-0.3, -0.25) is 0 Å². The van der Waals surface area contributed by atoms with Gasteiger partial charge >= 0.3 is 0 Å². The summed E-state index contributed by atoms with van der Waals surface area (Å²) in [5.74, 6) is 2.81. The second-order valence-corrected chi connectivity index (χ2v) is 15.2. The maximum Gasteiger partial charge on any atom is 0.194 e. The third-order valence-electron chi connectivity index (χ3n) is 12.1. The molecule has 0 unspecified atom stereocenters. The molecule has 0 N–H and O–H groups in total. The Morgan fingerprint density at radius 1 is 0.328 bits per heavy atom. The molecule has 3 nitrogen and oxygen atoms in total. The quantitative estimate of drug-likeness (QED) is 0.175. The Kier molecular flexibility index (Phi) is 7.14. The van der Waals surface area contributed by atoms with Crippen LogP contribution in [0.2, 0.25) is 0 Å². The molecule has 9 aromatic carbocycles. The Bertz CT molecular complexity index is 3020. The Morgan fingerprint density at radius 2 is 0.828 bits per heavy atom. The van der Waals surface area contributed by atoms with E-state index in [1.165, 1.54) is 55.6 Å². The number of benzene rings is 9. The van der Waals surface area contributed by atoms with Crippen molar-refractivity contribution in [3.63, 3.8) is 0 Å². The zero-order valence-corrected chi connectivity index (χ0v) is 31.5. The van der Waals surface area contributed by atoms with Gasteiger partial charge in [0.05, 0.1) is 11.1 Å². The molecule has 0 saturated carbocycles. The fraction of sp³-hybridized carbons (Fsp3) is 0.0182. The number of hydrogen-bond donors (Lipinski definition) is 0. The molecule has 9 aromatic rings. The molecule has 0 atom stereocenters. The molecule has 3 heteroatoms. The van der Waals surface area contributed by atoms with Crippen molar-refractivity contribution in [2.75, 3.05) is 4.90 Å². The minimum atomic E-state index is -0.460. The molecule has 0 amide bonds. The summed E-state index contributed by atoms with van der Waals surface area (Å²) in [7, 11) is 0. The molecule has 12 rings (SSSR count). The van der Waals surface area contributed by atoms with Crippen LogP contribution in [0, 0.1) is 0 Å². The second kappa shape index (κ2) is 12.7. The first-order chi connectivity index (χ1) is 28.8. The molecule has 0 fully saturated rings. The van der Waals surface area contributed by atoms with Crippen LogP contribution >= 0.6 is 0 Å². The third-order valence-corrected chi connectivity index (χ3v) is 12.1. The Balaban J connectivity index is 0.969. The topological polar surface area (TPSA) is 21.7 Å². The van der Waals surface area contributed by atoms with Crippen LogP contribution in [0.1, 0.15) is 22.3 Å². The maximum atomic E-state index is 7.09. The first-order valence-corrected chi connectivity index (χ1v) is 19.8. The van der Waals surface area contributed by atoms with Crippen molar-refractivity contribution < 1.29 is 9.47 Å². The van der Waals surface area contributed by atoms with E-state index < -0.39 is 5.41 Å². The van der Waals surface area contributed by atoms with Crippen molar-refractivity contribution in [3.8, 4) is 67.5 Å². The zero-order chi connectivity index (χ0) is 38.2. The Labute approximate surface area is 337 Å². The van der Waals surface area contributed by atoms with E-state index in [0.717, 1.165) is 33.9 Å². The lowest BCUT2D eigenvalue weighted by Gasteiger charge is -2.32. The zero-order valence-electron chi connectivity index (χ0n) is 31.5. The summed E-state index contributed by atoms with van der Waals surface area (Å²) < 4.78 is 14.1. The van der Waals surface area contributed by atoms with E-state index >= 15 is 0 Å². The van der Waals surface area contributed by atoms with Gasteiger partial charge in [0, 0.05) is 16.9 Å². The fourth-order valence-electron chi connectivity index (χ4n) is 9.71. The molecule has 3 aliphatic rings. The van der Waals surface area contributed by atoms with Crippen molar-refractivity contribution in [2.45, 2.75) is 5.41 Å². The number of fused-ring (bicyclic) bond motifs is 13. The predicted molar refractivity (Wildman–Crippen MR) is 235 cm³/mol. The van der Waals surface area contributed by atoms with Gasteiger partial charge in [-0.15, -0.1) is 0 Å². The lowest BCUT2D eigenvalue weighted by molar-refractivity contribution is 0.361. The highest BCUT2D eigenvalue weighted by atomic mass is 16.6. The van der Waals surface area contributed by atoms with E-state index in [1.54, 1.807) is 0 Å². The van der Waals surface area contributed by atoms with Crippen LogP contribution in [-0.2, 0) is 5.41 Å². The van der Waals surface area contributed by atoms with Crippen molar-refractivity contribution >= 4 is 17.1 Å². The predicted octanol–water partition coefficient (Wildman–Crippen LogP) is 14.7. The number of hydrogen-bond acceptors (Lipinski definition) is 3.